The number of piperidine rings is 1. The standard InChI is InChI=1S/C22H32N2O3/c1-22(2,3)18-8-6-16(7-9-18)19-5-4-12-24(19)20(25)15-23-13-10-17(11-14-23)21(26)27/h6-9,17,19H,4-5,10-15H2,1-3H3,(H,26,27). The molecule has 1 atom stereocenters. The number of hydrogen-bond acceptors (Lipinski definition) is 3. The van der Waals surface area contributed by atoms with Gasteiger partial charge < -0.3 is 10.0 Å². The van der Waals surface area contributed by atoms with Crippen LogP contribution in [-0.4, -0.2) is 53.0 Å². The number of carboxylic acid groups (broad SMARTS) is 1. The number of likely N-dealkylation sites (tertiary alicyclic amines) is 2. The molecule has 2 heterocycles. The maximum atomic E-state index is 12.9. The largest absolute Gasteiger partial charge is 0.481 e. The van der Waals surface area contributed by atoms with Crippen LogP contribution in [0.25, 0.3) is 0 Å². The van der Waals surface area contributed by atoms with Crippen LogP contribution in [0.4, 0.5) is 0 Å². The summed E-state index contributed by atoms with van der Waals surface area (Å²) < 4.78 is 0. The lowest BCUT2D eigenvalue weighted by Crippen LogP contribution is -2.44. The first-order valence-corrected chi connectivity index (χ1v) is 10.1. The number of amides is 1. The first kappa shape index (κ1) is 19.9. The second kappa shape index (κ2) is 8.01. The normalized spacial score (nSPS) is 22.2. The molecule has 1 N–H and O–H groups in total. The van der Waals surface area contributed by atoms with Crippen molar-refractivity contribution in [2.75, 3.05) is 26.2 Å². The van der Waals surface area contributed by atoms with Crippen molar-refractivity contribution >= 4 is 11.9 Å². The lowest BCUT2D eigenvalue weighted by Gasteiger charge is -2.32. The molecule has 2 fully saturated rings. The minimum Gasteiger partial charge on any atom is -0.481 e. The van der Waals surface area contributed by atoms with Crippen molar-refractivity contribution in [1.82, 2.24) is 9.80 Å². The van der Waals surface area contributed by atoms with Crippen molar-refractivity contribution in [3.63, 3.8) is 0 Å². The van der Waals surface area contributed by atoms with Crippen LogP contribution in [0.15, 0.2) is 24.3 Å². The summed E-state index contributed by atoms with van der Waals surface area (Å²) in [6, 6.07) is 8.90. The molecule has 1 amide bonds. The van der Waals surface area contributed by atoms with E-state index in [9.17, 15) is 9.59 Å². The minimum absolute atomic E-state index is 0.131. The zero-order valence-electron chi connectivity index (χ0n) is 16.8. The van der Waals surface area contributed by atoms with E-state index in [-0.39, 0.29) is 23.3 Å². The van der Waals surface area contributed by atoms with Crippen LogP contribution in [-0.2, 0) is 15.0 Å². The SMILES string of the molecule is CC(C)(C)c1ccc(C2CCCN2C(=O)CN2CCC(C(=O)O)CC2)cc1. The number of carbonyl (C=O) groups excluding carboxylic acids is 1. The highest BCUT2D eigenvalue weighted by atomic mass is 16.4. The van der Waals surface area contributed by atoms with Gasteiger partial charge in [0.05, 0.1) is 18.5 Å². The van der Waals surface area contributed by atoms with Crippen LogP contribution in [0, 0.1) is 5.92 Å². The lowest BCUT2D eigenvalue weighted by molar-refractivity contribution is -0.143. The fraction of sp³-hybridized carbons (Fsp3) is 0.636. The minimum atomic E-state index is -0.709. The van der Waals surface area contributed by atoms with Crippen molar-refractivity contribution in [2.45, 2.75) is 57.9 Å². The highest BCUT2D eigenvalue weighted by Crippen LogP contribution is 2.33. The number of rotatable bonds is 4. The second-order valence-electron chi connectivity index (χ2n) is 9.01. The molecule has 3 rings (SSSR count). The molecule has 0 aliphatic carbocycles. The Labute approximate surface area is 162 Å². The molecule has 5 heteroatoms. The van der Waals surface area contributed by atoms with E-state index >= 15 is 0 Å². The van der Waals surface area contributed by atoms with Gasteiger partial charge in [0.1, 0.15) is 0 Å². The Balaban J connectivity index is 1.61. The smallest absolute Gasteiger partial charge is 0.306 e. The Bertz CT molecular complexity index is 670. The molecule has 0 aromatic heterocycles. The van der Waals surface area contributed by atoms with E-state index in [4.69, 9.17) is 5.11 Å². The maximum Gasteiger partial charge on any atom is 0.306 e. The fourth-order valence-electron chi connectivity index (χ4n) is 4.24. The average Bonchev–Trinajstić information content (AvgIpc) is 3.11. The first-order chi connectivity index (χ1) is 12.8. The number of aliphatic carboxylic acids is 1. The molecule has 0 radical (unpaired) electrons. The van der Waals surface area contributed by atoms with Gasteiger partial charge in [-0.05, 0) is 55.3 Å². The van der Waals surface area contributed by atoms with E-state index < -0.39 is 5.97 Å². The van der Waals surface area contributed by atoms with Crippen LogP contribution >= 0.6 is 0 Å². The summed E-state index contributed by atoms with van der Waals surface area (Å²) in [6.45, 7) is 9.24. The zero-order chi connectivity index (χ0) is 19.6. The van der Waals surface area contributed by atoms with Crippen molar-refractivity contribution in [1.29, 1.82) is 0 Å². The Morgan fingerprint density at radius 1 is 1.04 bits per heavy atom. The maximum absolute atomic E-state index is 12.9. The fourth-order valence-corrected chi connectivity index (χ4v) is 4.24. The third-order valence-corrected chi connectivity index (χ3v) is 6.03. The molecule has 27 heavy (non-hydrogen) atoms. The van der Waals surface area contributed by atoms with Gasteiger partial charge in [0, 0.05) is 6.54 Å². The van der Waals surface area contributed by atoms with E-state index in [0.717, 1.165) is 19.4 Å². The molecule has 5 nitrogen and oxygen atoms in total. The van der Waals surface area contributed by atoms with Gasteiger partial charge >= 0.3 is 5.97 Å². The highest BCUT2D eigenvalue weighted by Gasteiger charge is 2.32. The second-order valence-corrected chi connectivity index (χ2v) is 9.01. The molecule has 2 aliphatic rings. The Morgan fingerprint density at radius 3 is 2.22 bits per heavy atom. The van der Waals surface area contributed by atoms with Gasteiger partial charge in [0.25, 0.3) is 0 Å². The van der Waals surface area contributed by atoms with Crippen LogP contribution in [0.2, 0.25) is 0 Å². The summed E-state index contributed by atoms with van der Waals surface area (Å²) in [5.41, 5.74) is 2.66. The van der Waals surface area contributed by atoms with E-state index in [1.54, 1.807) is 0 Å². The van der Waals surface area contributed by atoms with Gasteiger partial charge in [-0.1, -0.05) is 45.0 Å². The summed E-state index contributed by atoms with van der Waals surface area (Å²) in [7, 11) is 0. The van der Waals surface area contributed by atoms with Crippen LogP contribution in [0.3, 0.4) is 0 Å². The van der Waals surface area contributed by atoms with E-state index in [2.05, 4.69) is 49.9 Å². The zero-order valence-corrected chi connectivity index (χ0v) is 16.8. The topological polar surface area (TPSA) is 60.9 Å². The molecule has 2 aliphatic heterocycles. The van der Waals surface area contributed by atoms with Gasteiger partial charge in [-0.25, -0.2) is 0 Å². The van der Waals surface area contributed by atoms with Crippen LogP contribution in [0.1, 0.15) is 63.6 Å². The van der Waals surface area contributed by atoms with Gasteiger partial charge in [-0.2, -0.15) is 0 Å². The van der Waals surface area contributed by atoms with Gasteiger partial charge in [0.2, 0.25) is 5.91 Å². The lowest BCUT2D eigenvalue weighted by atomic mass is 9.86. The van der Waals surface area contributed by atoms with Gasteiger partial charge in [-0.3, -0.25) is 14.5 Å². The molecule has 1 aromatic carbocycles. The van der Waals surface area contributed by atoms with Crippen molar-refractivity contribution < 1.29 is 14.7 Å². The van der Waals surface area contributed by atoms with Gasteiger partial charge in [-0.15, -0.1) is 0 Å². The molecule has 2 saturated heterocycles. The Hall–Kier alpha value is -1.88. The first-order valence-electron chi connectivity index (χ1n) is 10.1. The van der Waals surface area contributed by atoms with Crippen LogP contribution < -0.4 is 0 Å². The molecular weight excluding hydrogens is 340 g/mol. The Kier molecular flexibility index (Phi) is 5.89. The van der Waals surface area contributed by atoms with Crippen LogP contribution in [0.5, 0.6) is 0 Å². The molecular formula is C22H32N2O3. The summed E-state index contributed by atoms with van der Waals surface area (Å²) in [4.78, 5) is 28.1. The molecule has 0 spiro atoms. The number of carboxylic acids is 1. The molecule has 0 bridgehead atoms. The van der Waals surface area contributed by atoms with Crippen molar-refractivity contribution in [3.8, 4) is 0 Å². The number of hydrogen-bond donors (Lipinski definition) is 1. The average molecular weight is 373 g/mol. The summed E-state index contributed by atoms with van der Waals surface area (Å²) in [6.07, 6.45) is 3.33. The predicted octanol–water partition coefficient (Wildman–Crippen LogP) is 3.44. The predicted molar refractivity (Wildman–Crippen MR) is 106 cm³/mol. The van der Waals surface area contributed by atoms with Gasteiger partial charge in [0.15, 0.2) is 0 Å². The third kappa shape index (κ3) is 4.70. The molecule has 148 valence electrons. The number of carbonyl (C=O) groups is 2. The monoisotopic (exact) mass is 372 g/mol. The quantitative estimate of drug-likeness (QED) is 0.879. The molecule has 1 aromatic rings. The Morgan fingerprint density at radius 2 is 1.67 bits per heavy atom. The summed E-state index contributed by atoms with van der Waals surface area (Å²) in [5, 5.41) is 9.12. The van der Waals surface area contributed by atoms with E-state index in [0.29, 0.717) is 32.5 Å². The van der Waals surface area contributed by atoms with E-state index in [1.165, 1.54) is 11.1 Å². The van der Waals surface area contributed by atoms with E-state index in [1.807, 2.05) is 4.90 Å². The molecule has 0 saturated carbocycles. The number of benzene rings is 1. The van der Waals surface area contributed by atoms with Crippen molar-refractivity contribution in [3.05, 3.63) is 35.4 Å². The van der Waals surface area contributed by atoms with Crippen molar-refractivity contribution in [2.24, 2.45) is 5.92 Å². The highest BCUT2D eigenvalue weighted by molar-refractivity contribution is 5.79. The molecule has 1 unspecified atom stereocenters. The summed E-state index contributed by atoms with van der Waals surface area (Å²) in [5.74, 6) is -0.789. The third-order valence-electron chi connectivity index (χ3n) is 6.03. The number of nitrogens with zero attached hydrogens (tertiary/aromatic N) is 2. The summed E-state index contributed by atoms with van der Waals surface area (Å²) >= 11 is 0.